The third kappa shape index (κ3) is 2.08. The van der Waals surface area contributed by atoms with Gasteiger partial charge in [0.2, 0.25) is 0 Å². The van der Waals surface area contributed by atoms with Crippen molar-refractivity contribution in [3.63, 3.8) is 0 Å². The molecule has 0 spiro atoms. The van der Waals surface area contributed by atoms with Gasteiger partial charge in [-0.15, -0.1) is 0 Å². The summed E-state index contributed by atoms with van der Waals surface area (Å²) in [6.45, 7) is 2.06. The first-order valence-corrected chi connectivity index (χ1v) is 3.70. The third-order valence-electron chi connectivity index (χ3n) is 1.42. The molecule has 0 aliphatic carbocycles. The molecule has 1 rings (SSSR count). The van der Waals surface area contributed by atoms with E-state index in [4.69, 9.17) is 5.73 Å². The highest BCUT2D eigenvalue weighted by Gasteiger charge is 1.91. The topological polar surface area (TPSA) is 38.9 Å². The first-order valence-electron chi connectivity index (χ1n) is 3.70. The van der Waals surface area contributed by atoms with Crippen LogP contribution in [0.1, 0.15) is 18.9 Å². The lowest BCUT2D eigenvalue weighted by Gasteiger charge is -1.98. The van der Waals surface area contributed by atoms with Gasteiger partial charge in [-0.2, -0.15) is 0 Å². The minimum atomic E-state index is 0.806. The van der Waals surface area contributed by atoms with Gasteiger partial charge in [-0.1, -0.05) is 13.0 Å². The first kappa shape index (κ1) is 7.79. The Hall–Kier alpha value is -1.31. The van der Waals surface area contributed by atoms with E-state index in [-0.39, 0.29) is 0 Å². The van der Waals surface area contributed by atoms with Crippen molar-refractivity contribution in [2.24, 2.45) is 5.73 Å². The number of pyridine rings is 1. The number of rotatable bonds is 2. The van der Waals surface area contributed by atoms with Crippen LogP contribution in [0.25, 0.3) is 5.70 Å². The van der Waals surface area contributed by atoms with Crippen molar-refractivity contribution in [1.29, 1.82) is 0 Å². The molecule has 0 atom stereocenters. The van der Waals surface area contributed by atoms with E-state index >= 15 is 0 Å². The van der Waals surface area contributed by atoms with Crippen molar-refractivity contribution < 1.29 is 0 Å². The standard InChI is InChI=1S/C9H12N2/c1-2-4-9(10)8-5-3-6-11-7-8/h3-7H,2,10H2,1H3/b9-4-. The average Bonchev–Trinajstić information content (AvgIpc) is 2.07. The van der Waals surface area contributed by atoms with Crippen molar-refractivity contribution in [1.82, 2.24) is 4.98 Å². The minimum absolute atomic E-state index is 0.806. The van der Waals surface area contributed by atoms with Gasteiger partial charge in [-0.3, -0.25) is 4.98 Å². The summed E-state index contributed by atoms with van der Waals surface area (Å²) in [7, 11) is 0. The fourth-order valence-corrected chi connectivity index (χ4v) is 0.871. The van der Waals surface area contributed by atoms with E-state index in [0.29, 0.717) is 0 Å². The van der Waals surface area contributed by atoms with Crippen LogP contribution >= 0.6 is 0 Å². The molecule has 1 heterocycles. The smallest absolute Gasteiger partial charge is 0.0362 e. The summed E-state index contributed by atoms with van der Waals surface area (Å²) < 4.78 is 0. The Morgan fingerprint density at radius 3 is 3.09 bits per heavy atom. The molecule has 0 aliphatic rings. The number of aromatic nitrogens is 1. The molecule has 0 saturated carbocycles. The lowest BCUT2D eigenvalue weighted by Crippen LogP contribution is -1.95. The fraction of sp³-hybridized carbons (Fsp3) is 0.222. The van der Waals surface area contributed by atoms with Crippen molar-refractivity contribution in [2.45, 2.75) is 13.3 Å². The molecular weight excluding hydrogens is 136 g/mol. The van der Waals surface area contributed by atoms with Gasteiger partial charge in [0.1, 0.15) is 0 Å². The van der Waals surface area contributed by atoms with Crippen LogP contribution in [-0.2, 0) is 0 Å². The maximum absolute atomic E-state index is 5.73. The summed E-state index contributed by atoms with van der Waals surface area (Å²) in [4.78, 5) is 3.97. The highest BCUT2D eigenvalue weighted by atomic mass is 14.6. The zero-order valence-electron chi connectivity index (χ0n) is 6.62. The zero-order chi connectivity index (χ0) is 8.10. The second kappa shape index (κ2) is 3.76. The van der Waals surface area contributed by atoms with E-state index in [9.17, 15) is 0 Å². The Balaban J connectivity index is 2.85. The largest absolute Gasteiger partial charge is 0.398 e. The monoisotopic (exact) mass is 148 g/mol. The van der Waals surface area contributed by atoms with Crippen molar-refractivity contribution >= 4 is 5.70 Å². The third-order valence-corrected chi connectivity index (χ3v) is 1.42. The van der Waals surface area contributed by atoms with E-state index in [1.165, 1.54) is 0 Å². The zero-order valence-corrected chi connectivity index (χ0v) is 6.62. The fourth-order valence-electron chi connectivity index (χ4n) is 0.871. The molecule has 2 N–H and O–H groups in total. The van der Waals surface area contributed by atoms with E-state index in [2.05, 4.69) is 11.9 Å². The molecule has 2 nitrogen and oxygen atoms in total. The normalized spacial score (nSPS) is 11.5. The Labute approximate surface area is 66.8 Å². The number of hydrogen-bond donors (Lipinski definition) is 1. The van der Waals surface area contributed by atoms with Crippen molar-refractivity contribution in [3.8, 4) is 0 Å². The van der Waals surface area contributed by atoms with Gasteiger partial charge in [0, 0.05) is 23.7 Å². The van der Waals surface area contributed by atoms with E-state index < -0.39 is 0 Å². The number of nitrogens with two attached hydrogens (primary N) is 1. The van der Waals surface area contributed by atoms with Gasteiger partial charge in [0.05, 0.1) is 0 Å². The molecule has 0 fully saturated rings. The van der Waals surface area contributed by atoms with Gasteiger partial charge < -0.3 is 5.73 Å². The van der Waals surface area contributed by atoms with Gasteiger partial charge in [-0.25, -0.2) is 0 Å². The van der Waals surface area contributed by atoms with Crippen LogP contribution < -0.4 is 5.73 Å². The molecule has 2 heteroatoms. The van der Waals surface area contributed by atoms with Crippen LogP contribution in [0.3, 0.4) is 0 Å². The summed E-state index contributed by atoms with van der Waals surface area (Å²) in [6.07, 6.45) is 6.45. The molecule has 1 aromatic rings. The van der Waals surface area contributed by atoms with Crippen LogP contribution in [0.2, 0.25) is 0 Å². The Morgan fingerprint density at radius 2 is 2.55 bits per heavy atom. The van der Waals surface area contributed by atoms with Crippen molar-refractivity contribution in [2.75, 3.05) is 0 Å². The average molecular weight is 148 g/mol. The SMILES string of the molecule is CC/C=C(\N)c1cccnc1. The summed E-state index contributed by atoms with van der Waals surface area (Å²) in [6, 6.07) is 3.83. The molecule has 11 heavy (non-hydrogen) atoms. The molecule has 0 bridgehead atoms. The number of nitrogens with zero attached hydrogens (tertiary/aromatic N) is 1. The van der Waals surface area contributed by atoms with Crippen LogP contribution in [0.4, 0.5) is 0 Å². The lowest BCUT2D eigenvalue weighted by atomic mass is 10.2. The summed E-state index contributed by atoms with van der Waals surface area (Å²) in [5.41, 5.74) is 7.53. The molecule has 0 aliphatic heterocycles. The molecule has 58 valence electrons. The van der Waals surface area contributed by atoms with Crippen LogP contribution in [0.15, 0.2) is 30.6 Å². The summed E-state index contributed by atoms with van der Waals surface area (Å²) in [5.74, 6) is 0. The second-order valence-corrected chi connectivity index (χ2v) is 2.31. The van der Waals surface area contributed by atoms with Gasteiger partial charge in [-0.05, 0) is 18.6 Å². The lowest BCUT2D eigenvalue weighted by molar-refractivity contribution is 1.21. The van der Waals surface area contributed by atoms with E-state index in [0.717, 1.165) is 17.7 Å². The van der Waals surface area contributed by atoms with E-state index in [1.54, 1.807) is 12.4 Å². The van der Waals surface area contributed by atoms with Crippen LogP contribution in [0.5, 0.6) is 0 Å². The quantitative estimate of drug-likeness (QED) is 0.694. The molecule has 0 radical (unpaired) electrons. The predicted molar refractivity (Wildman–Crippen MR) is 46.7 cm³/mol. The van der Waals surface area contributed by atoms with Crippen LogP contribution in [0, 0.1) is 0 Å². The molecule has 0 saturated heterocycles. The van der Waals surface area contributed by atoms with E-state index in [1.807, 2.05) is 18.2 Å². The molecule has 1 aromatic heterocycles. The minimum Gasteiger partial charge on any atom is -0.398 e. The molecule has 0 unspecified atom stereocenters. The predicted octanol–water partition coefficient (Wildman–Crippen LogP) is 1.79. The highest BCUT2D eigenvalue weighted by Crippen LogP contribution is 2.05. The number of allylic oxidation sites excluding steroid dienone is 1. The van der Waals surface area contributed by atoms with Gasteiger partial charge in [0.15, 0.2) is 0 Å². The Bertz CT molecular complexity index is 239. The first-order chi connectivity index (χ1) is 5.34. The molecule has 0 amide bonds. The Morgan fingerprint density at radius 1 is 1.73 bits per heavy atom. The van der Waals surface area contributed by atoms with Gasteiger partial charge >= 0.3 is 0 Å². The van der Waals surface area contributed by atoms with Gasteiger partial charge in [0.25, 0.3) is 0 Å². The molecule has 0 aromatic carbocycles. The summed E-state index contributed by atoms with van der Waals surface area (Å²) in [5, 5.41) is 0. The maximum Gasteiger partial charge on any atom is 0.0362 e. The van der Waals surface area contributed by atoms with Crippen molar-refractivity contribution in [3.05, 3.63) is 36.2 Å². The summed E-state index contributed by atoms with van der Waals surface area (Å²) >= 11 is 0. The Kier molecular flexibility index (Phi) is 2.66. The highest BCUT2D eigenvalue weighted by molar-refractivity contribution is 5.61. The number of hydrogen-bond acceptors (Lipinski definition) is 2. The van der Waals surface area contributed by atoms with Crippen LogP contribution in [-0.4, -0.2) is 4.98 Å². The second-order valence-electron chi connectivity index (χ2n) is 2.31. The molecular formula is C9H12N2. The maximum atomic E-state index is 5.73.